The molecule has 6 nitrogen and oxygen atoms in total. The summed E-state index contributed by atoms with van der Waals surface area (Å²) in [5, 5.41) is 3.07. The molecule has 0 aliphatic carbocycles. The van der Waals surface area contributed by atoms with Crippen LogP contribution in [0.4, 0.5) is 0 Å². The van der Waals surface area contributed by atoms with Crippen molar-refractivity contribution in [2.75, 3.05) is 19.4 Å². The molecule has 1 aliphatic rings. The van der Waals surface area contributed by atoms with Crippen molar-refractivity contribution < 1.29 is 17.9 Å². The summed E-state index contributed by atoms with van der Waals surface area (Å²) in [5.74, 6) is 0.701. The van der Waals surface area contributed by atoms with Crippen LogP contribution in [-0.2, 0) is 16.4 Å². The van der Waals surface area contributed by atoms with E-state index in [0.29, 0.717) is 24.4 Å². The van der Waals surface area contributed by atoms with Gasteiger partial charge in [-0.15, -0.1) is 11.3 Å². The van der Waals surface area contributed by atoms with E-state index in [0.717, 1.165) is 28.9 Å². The van der Waals surface area contributed by atoms with Gasteiger partial charge >= 0.3 is 0 Å². The molecule has 0 spiro atoms. The van der Waals surface area contributed by atoms with E-state index in [9.17, 15) is 13.2 Å². The van der Waals surface area contributed by atoms with Crippen molar-refractivity contribution in [2.24, 2.45) is 0 Å². The minimum Gasteiger partial charge on any atom is -0.493 e. The van der Waals surface area contributed by atoms with Gasteiger partial charge in [0.15, 0.2) is 0 Å². The van der Waals surface area contributed by atoms with Crippen molar-refractivity contribution >= 4 is 27.3 Å². The van der Waals surface area contributed by atoms with Crippen LogP contribution in [-0.4, -0.2) is 33.7 Å². The molecule has 0 fully saturated rings. The first-order chi connectivity index (χ1) is 11.9. The fourth-order valence-electron chi connectivity index (χ4n) is 2.72. The van der Waals surface area contributed by atoms with Crippen molar-refractivity contribution in [3.05, 3.63) is 51.7 Å². The summed E-state index contributed by atoms with van der Waals surface area (Å²) in [5.41, 5.74) is 0.997. The van der Waals surface area contributed by atoms with Gasteiger partial charge in [0.2, 0.25) is 10.0 Å². The first-order valence-electron chi connectivity index (χ1n) is 7.98. The predicted molar refractivity (Wildman–Crippen MR) is 97.6 cm³/mol. The number of benzene rings is 1. The summed E-state index contributed by atoms with van der Waals surface area (Å²) >= 11 is 1.38. The maximum absolute atomic E-state index is 12.5. The van der Waals surface area contributed by atoms with Crippen molar-refractivity contribution in [3.63, 3.8) is 0 Å². The second kappa shape index (κ2) is 7.55. The zero-order chi connectivity index (χ0) is 17.9. The first-order valence-corrected chi connectivity index (χ1v) is 10.7. The third-order valence-corrected chi connectivity index (χ3v) is 5.76. The number of nitrogens with one attached hydrogen (secondary N) is 2. The van der Waals surface area contributed by atoms with Gasteiger partial charge in [-0.2, -0.15) is 0 Å². The van der Waals surface area contributed by atoms with Gasteiger partial charge in [-0.05, 0) is 24.6 Å². The third kappa shape index (κ3) is 4.81. The molecule has 1 aromatic heterocycles. The number of carbonyl (C=O) groups is 1. The molecule has 0 radical (unpaired) electrons. The molecule has 1 amide bonds. The highest BCUT2D eigenvalue weighted by Crippen LogP contribution is 2.32. The van der Waals surface area contributed by atoms with E-state index >= 15 is 0 Å². The molecule has 0 unspecified atom stereocenters. The molecule has 3 rings (SSSR count). The molecular weight excluding hydrogens is 360 g/mol. The number of hydrogen-bond acceptors (Lipinski definition) is 5. The fraction of sp³-hybridized carbons (Fsp3) is 0.353. The van der Waals surface area contributed by atoms with E-state index in [1.807, 2.05) is 30.3 Å². The van der Waals surface area contributed by atoms with Crippen LogP contribution in [0.5, 0.6) is 5.75 Å². The fourth-order valence-corrected chi connectivity index (χ4v) is 4.10. The normalized spacial score (nSPS) is 16.8. The number of carbonyl (C=O) groups excluding carboxylic acids is 1. The Labute approximate surface area is 151 Å². The molecule has 2 N–H and O–H groups in total. The summed E-state index contributed by atoms with van der Waals surface area (Å²) in [6, 6.07) is 11.3. The molecule has 0 saturated carbocycles. The maximum Gasteiger partial charge on any atom is 0.261 e. The molecule has 0 saturated heterocycles. The van der Waals surface area contributed by atoms with Crippen molar-refractivity contribution in [2.45, 2.75) is 18.9 Å². The van der Waals surface area contributed by atoms with Crippen LogP contribution in [0.15, 0.2) is 36.4 Å². The van der Waals surface area contributed by atoms with Crippen LogP contribution in [0, 0.1) is 0 Å². The SMILES string of the molecule is CS(=O)(=O)NCCc1ccc(C(=O)N[C@H]2CCOc3ccccc32)s1. The molecule has 25 heavy (non-hydrogen) atoms. The molecular formula is C17H20N2O4S2. The Morgan fingerprint density at radius 3 is 2.88 bits per heavy atom. The van der Waals surface area contributed by atoms with Crippen molar-refractivity contribution in [1.29, 1.82) is 0 Å². The lowest BCUT2D eigenvalue weighted by Crippen LogP contribution is -2.31. The molecule has 1 atom stereocenters. The van der Waals surface area contributed by atoms with Crippen LogP contribution in [0.3, 0.4) is 0 Å². The maximum atomic E-state index is 12.5. The molecule has 0 bridgehead atoms. The van der Waals surface area contributed by atoms with Crippen LogP contribution in [0.2, 0.25) is 0 Å². The van der Waals surface area contributed by atoms with E-state index in [2.05, 4.69) is 10.0 Å². The summed E-state index contributed by atoms with van der Waals surface area (Å²) < 4.78 is 30.2. The molecule has 2 aromatic rings. The number of rotatable bonds is 6. The Balaban J connectivity index is 1.61. The van der Waals surface area contributed by atoms with Crippen LogP contribution in [0.1, 0.15) is 32.6 Å². The summed E-state index contributed by atoms with van der Waals surface area (Å²) in [4.78, 5) is 14.1. The first kappa shape index (κ1) is 17.9. The standard InChI is InChI=1S/C17H20N2O4S2/c1-25(21,22)18-10-8-12-6-7-16(24-12)17(20)19-14-9-11-23-15-5-3-2-4-13(14)15/h2-7,14,18H,8-11H2,1H3,(H,19,20)/t14-/m0/s1. The predicted octanol–water partition coefficient (Wildman–Crippen LogP) is 2.09. The second-order valence-electron chi connectivity index (χ2n) is 5.88. The number of sulfonamides is 1. The van der Waals surface area contributed by atoms with Gasteiger partial charge in [-0.25, -0.2) is 13.1 Å². The number of thiophene rings is 1. The van der Waals surface area contributed by atoms with Crippen molar-refractivity contribution in [1.82, 2.24) is 10.0 Å². The average molecular weight is 380 g/mol. The van der Waals surface area contributed by atoms with Gasteiger partial charge in [0.05, 0.1) is 23.8 Å². The lowest BCUT2D eigenvalue weighted by molar-refractivity contribution is 0.0929. The monoisotopic (exact) mass is 380 g/mol. The highest BCUT2D eigenvalue weighted by atomic mass is 32.2. The molecule has 1 aliphatic heterocycles. The summed E-state index contributed by atoms with van der Waals surface area (Å²) in [7, 11) is -3.19. The lowest BCUT2D eigenvalue weighted by atomic mass is 10.0. The van der Waals surface area contributed by atoms with Crippen molar-refractivity contribution in [3.8, 4) is 5.75 Å². The van der Waals surface area contributed by atoms with Gasteiger partial charge in [0.25, 0.3) is 5.91 Å². The minimum absolute atomic E-state index is 0.0603. The minimum atomic E-state index is -3.19. The van der Waals surface area contributed by atoms with E-state index in [4.69, 9.17) is 4.74 Å². The van der Waals surface area contributed by atoms with Crippen LogP contribution >= 0.6 is 11.3 Å². The number of amides is 1. The van der Waals surface area contributed by atoms with Crippen LogP contribution < -0.4 is 14.8 Å². The van der Waals surface area contributed by atoms with Gasteiger partial charge in [0, 0.05) is 23.4 Å². The molecule has 1 aromatic carbocycles. The Hall–Kier alpha value is -1.90. The van der Waals surface area contributed by atoms with E-state index in [1.54, 1.807) is 6.07 Å². The second-order valence-corrected chi connectivity index (χ2v) is 8.88. The highest BCUT2D eigenvalue weighted by molar-refractivity contribution is 7.88. The quantitative estimate of drug-likeness (QED) is 0.804. The zero-order valence-electron chi connectivity index (χ0n) is 13.8. The number of fused-ring (bicyclic) bond motifs is 1. The van der Waals surface area contributed by atoms with E-state index in [1.165, 1.54) is 11.3 Å². The zero-order valence-corrected chi connectivity index (χ0v) is 15.5. The average Bonchev–Trinajstić information content (AvgIpc) is 3.03. The van der Waals surface area contributed by atoms with E-state index < -0.39 is 10.0 Å². The number of para-hydroxylation sites is 1. The highest BCUT2D eigenvalue weighted by Gasteiger charge is 2.23. The van der Waals surface area contributed by atoms with Gasteiger partial charge in [-0.3, -0.25) is 4.79 Å². The molecule has 2 heterocycles. The largest absolute Gasteiger partial charge is 0.493 e. The number of ether oxygens (including phenoxy) is 1. The number of hydrogen-bond donors (Lipinski definition) is 2. The molecule has 8 heteroatoms. The lowest BCUT2D eigenvalue weighted by Gasteiger charge is -2.26. The Morgan fingerprint density at radius 1 is 1.28 bits per heavy atom. The van der Waals surface area contributed by atoms with Gasteiger partial charge in [-0.1, -0.05) is 18.2 Å². The summed E-state index contributed by atoms with van der Waals surface area (Å²) in [6.07, 6.45) is 2.43. The Bertz CT molecular complexity index is 861. The Kier molecular flexibility index (Phi) is 5.41. The van der Waals surface area contributed by atoms with Crippen LogP contribution in [0.25, 0.3) is 0 Å². The van der Waals surface area contributed by atoms with Gasteiger partial charge in [0.1, 0.15) is 5.75 Å². The van der Waals surface area contributed by atoms with Gasteiger partial charge < -0.3 is 10.1 Å². The smallest absolute Gasteiger partial charge is 0.261 e. The third-order valence-electron chi connectivity index (χ3n) is 3.88. The summed E-state index contributed by atoms with van der Waals surface area (Å²) in [6.45, 7) is 0.905. The van der Waals surface area contributed by atoms with E-state index in [-0.39, 0.29) is 11.9 Å². The Morgan fingerprint density at radius 2 is 2.08 bits per heavy atom. The molecule has 134 valence electrons. The topological polar surface area (TPSA) is 84.5 Å².